The molecule has 0 spiro atoms. The Bertz CT molecular complexity index is 784. The lowest BCUT2D eigenvalue weighted by Crippen LogP contribution is -2.42. The first-order chi connectivity index (χ1) is 12.3. The molecule has 0 bridgehead atoms. The molecule has 142 valence electrons. The number of aromatic nitrogens is 2. The fourth-order valence-corrected chi connectivity index (χ4v) is 3.49. The van der Waals surface area contributed by atoms with Gasteiger partial charge in [-0.1, -0.05) is 6.07 Å². The minimum atomic E-state index is 0.241. The first-order valence-corrected chi connectivity index (χ1v) is 9.43. The van der Waals surface area contributed by atoms with Gasteiger partial charge in [0.2, 0.25) is 0 Å². The van der Waals surface area contributed by atoms with Crippen molar-refractivity contribution in [3.05, 3.63) is 45.2 Å². The average molecular weight is 422 g/mol. The molecule has 0 saturated carbocycles. The number of nitrogens with one attached hydrogen (secondary N) is 2. The Balaban J connectivity index is 1.93. The normalized spacial score (nSPS) is 12.8. The lowest BCUT2D eigenvalue weighted by atomic mass is 10.1. The monoisotopic (exact) mass is 421 g/mol. The molecule has 2 N–H and O–H groups in total. The fraction of sp³-hybridized carbons (Fsp3) is 0.474. The van der Waals surface area contributed by atoms with Gasteiger partial charge in [-0.2, -0.15) is 5.10 Å². The Morgan fingerprint density at radius 2 is 2.12 bits per heavy atom. The van der Waals surface area contributed by atoms with Crippen LogP contribution in [0.5, 0.6) is 5.75 Å². The number of halogens is 1. The number of ether oxygens (including phenoxy) is 1. The van der Waals surface area contributed by atoms with E-state index in [1.807, 2.05) is 29.9 Å². The van der Waals surface area contributed by atoms with Crippen LogP contribution in [0.4, 0.5) is 0 Å². The third-order valence-electron chi connectivity index (χ3n) is 4.45. The van der Waals surface area contributed by atoms with Crippen molar-refractivity contribution in [2.24, 2.45) is 12.0 Å². The maximum Gasteiger partial charge on any atom is 0.191 e. The topological polar surface area (TPSA) is 63.5 Å². The largest absolute Gasteiger partial charge is 0.496 e. The zero-order chi connectivity index (χ0) is 19.3. The molecule has 26 heavy (non-hydrogen) atoms. The van der Waals surface area contributed by atoms with Crippen LogP contribution in [-0.2, 0) is 20.0 Å². The van der Waals surface area contributed by atoms with Gasteiger partial charge in [-0.15, -0.1) is 0 Å². The third-order valence-corrected chi connectivity index (χ3v) is 5.07. The van der Waals surface area contributed by atoms with Crippen LogP contribution < -0.4 is 15.4 Å². The molecule has 0 saturated heterocycles. The summed E-state index contributed by atoms with van der Waals surface area (Å²) in [6.07, 6.45) is 0.903. The molecule has 1 unspecified atom stereocenters. The number of aryl methyl sites for hydroxylation is 2. The lowest BCUT2D eigenvalue weighted by molar-refractivity contribution is 0.412. The van der Waals surface area contributed by atoms with Crippen molar-refractivity contribution in [3.63, 3.8) is 0 Å². The molecule has 1 atom stereocenters. The van der Waals surface area contributed by atoms with E-state index >= 15 is 0 Å². The van der Waals surface area contributed by atoms with Crippen molar-refractivity contribution in [1.82, 2.24) is 20.4 Å². The van der Waals surface area contributed by atoms with E-state index in [-0.39, 0.29) is 6.04 Å². The number of nitrogens with zero attached hydrogens (tertiary/aromatic N) is 3. The SMILES string of the molecule is CN=C(NCc1ccc(OC)c(Br)c1)NC(C)Cc1c(C)nn(C)c1C. The van der Waals surface area contributed by atoms with Gasteiger partial charge in [-0.05, 0) is 66.4 Å². The molecule has 0 aliphatic heterocycles. The van der Waals surface area contributed by atoms with E-state index in [1.54, 1.807) is 14.2 Å². The second-order valence-electron chi connectivity index (χ2n) is 6.42. The lowest BCUT2D eigenvalue weighted by Gasteiger charge is -2.18. The zero-order valence-corrected chi connectivity index (χ0v) is 17.9. The summed E-state index contributed by atoms with van der Waals surface area (Å²) in [5.41, 5.74) is 4.74. The highest BCUT2D eigenvalue weighted by Crippen LogP contribution is 2.25. The van der Waals surface area contributed by atoms with Crippen LogP contribution in [0.2, 0.25) is 0 Å². The maximum absolute atomic E-state index is 5.27. The fourth-order valence-electron chi connectivity index (χ4n) is 2.90. The smallest absolute Gasteiger partial charge is 0.191 e. The van der Waals surface area contributed by atoms with E-state index in [0.717, 1.165) is 33.9 Å². The quantitative estimate of drug-likeness (QED) is 0.555. The van der Waals surface area contributed by atoms with Gasteiger partial charge in [-0.25, -0.2) is 0 Å². The number of hydrogen-bond donors (Lipinski definition) is 2. The van der Waals surface area contributed by atoms with Crippen LogP contribution >= 0.6 is 15.9 Å². The van der Waals surface area contributed by atoms with E-state index < -0.39 is 0 Å². The third kappa shape index (κ3) is 5.00. The van der Waals surface area contributed by atoms with Crippen molar-refractivity contribution < 1.29 is 4.74 Å². The van der Waals surface area contributed by atoms with Gasteiger partial charge in [0.1, 0.15) is 5.75 Å². The van der Waals surface area contributed by atoms with Crippen LogP contribution in [0.15, 0.2) is 27.7 Å². The molecule has 0 aliphatic carbocycles. The highest BCUT2D eigenvalue weighted by atomic mass is 79.9. The van der Waals surface area contributed by atoms with Gasteiger partial charge in [0.25, 0.3) is 0 Å². The first kappa shape index (κ1) is 20.3. The summed E-state index contributed by atoms with van der Waals surface area (Å²) in [6.45, 7) is 7.00. The zero-order valence-electron chi connectivity index (χ0n) is 16.4. The number of benzene rings is 1. The summed E-state index contributed by atoms with van der Waals surface area (Å²) in [5.74, 6) is 1.61. The standard InChI is InChI=1S/C19H28BrN5O/c1-12(9-16-13(2)24-25(5)14(16)3)23-19(21-4)22-11-15-7-8-18(26-6)17(20)10-15/h7-8,10,12H,9,11H2,1-6H3,(H2,21,22,23). The van der Waals surface area contributed by atoms with Gasteiger partial charge in [0.05, 0.1) is 17.3 Å². The Kier molecular flexibility index (Phi) is 7.08. The van der Waals surface area contributed by atoms with Crippen LogP contribution in [0.3, 0.4) is 0 Å². The molecule has 7 heteroatoms. The number of aliphatic imine (C=N–C) groups is 1. The van der Waals surface area contributed by atoms with Gasteiger partial charge in [-0.3, -0.25) is 9.67 Å². The van der Waals surface area contributed by atoms with Crippen molar-refractivity contribution in [1.29, 1.82) is 0 Å². The van der Waals surface area contributed by atoms with Crippen molar-refractivity contribution in [2.45, 2.75) is 39.8 Å². The second-order valence-corrected chi connectivity index (χ2v) is 7.27. The Hall–Kier alpha value is -2.02. The molecule has 0 fully saturated rings. The number of guanidine groups is 1. The van der Waals surface area contributed by atoms with Gasteiger partial charge in [0, 0.05) is 32.4 Å². The van der Waals surface area contributed by atoms with Gasteiger partial charge < -0.3 is 15.4 Å². The highest BCUT2D eigenvalue weighted by molar-refractivity contribution is 9.10. The molecular formula is C19H28BrN5O. The van der Waals surface area contributed by atoms with Crippen molar-refractivity contribution in [2.75, 3.05) is 14.2 Å². The molecule has 6 nitrogen and oxygen atoms in total. The van der Waals surface area contributed by atoms with Gasteiger partial charge >= 0.3 is 0 Å². The predicted octanol–water partition coefficient (Wildman–Crippen LogP) is 3.10. The highest BCUT2D eigenvalue weighted by Gasteiger charge is 2.14. The number of methoxy groups -OCH3 is 1. The summed E-state index contributed by atoms with van der Waals surface area (Å²) in [7, 11) is 5.43. The molecular weight excluding hydrogens is 394 g/mol. The number of hydrogen-bond acceptors (Lipinski definition) is 3. The van der Waals surface area contributed by atoms with Crippen LogP contribution in [0.1, 0.15) is 29.4 Å². The van der Waals surface area contributed by atoms with Crippen molar-refractivity contribution in [3.8, 4) is 5.75 Å². The van der Waals surface area contributed by atoms with Crippen molar-refractivity contribution >= 4 is 21.9 Å². The molecule has 0 aliphatic rings. The molecule has 2 rings (SSSR count). The van der Waals surface area contributed by atoms with E-state index in [0.29, 0.717) is 6.54 Å². The molecule has 2 aromatic rings. The number of rotatable bonds is 6. The molecule has 1 aromatic heterocycles. The van der Waals surface area contributed by atoms with E-state index in [2.05, 4.69) is 57.4 Å². The summed E-state index contributed by atoms with van der Waals surface area (Å²) in [5, 5.41) is 11.3. The molecule has 1 aromatic carbocycles. The van der Waals surface area contributed by atoms with Gasteiger partial charge in [0.15, 0.2) is 5.96 Å². The average Bonchev–Trinajstić information content (AvgIpc) is 2.84. The summed E-state index contributed by atoms with van der Waals surface area (Å²) >= 11 is 3.52. The summed E-state index contributed by atoms with van der Waals surface area (Å²) < 4.78 is 8.15. The molecule has 0 radical (unpaired) electrons. The first-order valence-electron chi connectivity index (χ1n) is 8.64. The Morgan fingerprint density at radius 1 is 1.38 bits per heavy atom. The molecule has 1 heterocycles. The maximum atomic E-state index is 5.27. The van der Waals surface area contributed by atoms with Crippen LogP contribution in [0.25, 0.3) is 0 Å². The van der Waals surface area contributed by atoms with Crippen LogP contribution in [0, 0.1) is 13.8 Å². The minimum Gasteiger partial charge on any atom is -0.496 e. The second kappa shape index (κ2) is 9.07. The molecule has 0 amide bonds. The Morgan fingerprint density at radius 3 is 2.65 bits per heavy atom. The van der Waals surface area contributed by atoms with Crippen LogP contribution in [-0.4, -0.2) is 35.9 Å². The van der Waals surface area contributed by atoms with E-state index in [4.69, 9.17) is 4.74 Å². The van der Waals surface area contributed by atoms with E-state index in [1.165, 1.54) is 11.3 Å². The summed E-state index contributed by atoms with van der Waals surface area (Å²) in [4.78, 5) is 4.33. The minimum absolute atomic E-state index is 0.241. The van der Waals surface area contributed by atoms with E-state index in [9.17, 15) is 0 Å². The summed E-state index contributed by atoms with van der Waals surface area (Å²) in [6, 6.07) is 6.28. The Labute approximate surface area is 164 Å². The predicted molar refractivity (Wildman–Crippen MR) is 110 cm³/mol.